The van der Waals surface area contributed by atoms with E-state index in [1.807, 2.05) is 25.0 Å². The van der Waals surface area contributed by atoms with E-state index < -0.39 is 0 Å². The van der Waals surface area contributed by atoms with Crippen LogP contribution in [0.25, 0.3) is 11.0 Å². The molecule has 0 radical (unpaired) electrons. The van der Waals surface area contributed by atoms with E-state index in [4.69, 9.17) is 9.72 Å². The molecule has 9 nitrogen and oxygen atoms in total. The van der Waals surface area contributed by atoms with Gasteiger partial charge in [0, 0.05) is 39.3 Å². The van der Waals surface area contributed by atoms with Crippen LogP contribution in [-0.4, -0.2) is 70.3 Å². The largest absolute Gasteiger partial charge is 0.495 e. The number of carbonyl (C=O) groups is 1. The van der Waals surface area contributed by atoms with Crippen LogP contribution in [0.5, 0.6) is 5.75 Å². The molecule has 2 atom stereocenters. The summed E-state index contributed by atoms with van der Waals surface area (Å²) in [6.07, 6.45) is 8.35. The fourth-order valence-corrected chi connectivity index (χ4v) is 5.25. The van der Waals surface area contributed by atoms with Crippen molar-refractivity contribution in [1.29, 1.82) is 0 Å². The van der Waals surface area contributed by atoms with E-state index in [1.54, 1.807) is 18.2 Å². The molecule has 0 bridgehead atoms. The zero-order chi connectivity index (χ0) is 23.8. The summed E-state index contributed by atoms with van der Waals surface area (Å²) in [4.78, 5) is 25.9. The Hall–Kier alpha value is -3.20. The van der Waals surface area contributed by atoms with Gasteiger partial charge in [-0.2, -0.15) is 10.1 Å². The van der Waals surface area contributed by atoms with E-state index >= 15 is 0 Å². The minimum absolute atomic E-state index is 0.0327. The first-order valence-electron chi connectivity index (χ1n) is 12.0. The lowest BCUT2D eigenvalue weighted by Crippen LogP contribution is -2.33. The maximum Gasteiger partial charge on any atom is 0.229 e. The summed E-state index contributed by atoms with van der Waals surface area (Å²) in [6.45, 7) is 1.96. The average molecular weight is 464 g/mol. The van der Waals surface area contributed by atoms with Crippen molar-refractivity contribution in [1.82, 2.24) is 29.5 Å². The van der Waals surface area contributed by atoms with E-state index in [1.165, 1.54) is 11.1 Å². The van der Waals surface area contributed by atoms with Crippen molar-refractivity contribution in [3.63, 3.8) is 0 Å². The molecule has 1 aromatic carbocycles. The van der Waals surface area contributed by atoms with Crippen LogP contribution in [0.15, 0.2) is 24.5 Å². The van der Waals surface area contributed by atoms with Gasteiger partial charge in [0.1, 0.15) is 5.75 Å². The Morgan fingerprint density at radius 3 is 2.85 bits per heavy atom. The monoisotopic (exact) mass is 463 g/mol. The average Bonchev–Trinajstić information content (AvgIpc) is 3.26. The Morgan fingerprint density at radius 2 is 2.06 bits per heavy atom. The lowest BCUT2D eigenvalue weighted by atomic mass is 9.85. The minimum Gasteiger partial charge on any atom is -0.495 e. The molecule has 1 fully saturated rings. The summed E-state index contributed by atoms with van der Waals surface area (Å²) in [5.41, 5.74) is 4.27. The summed E-state index contributed by atoms with van der Waals surface area (Å²) in [6, 6.07) is 4.42. The predicted molar refractivity (Wildman–Crippen MR) is 131 cm³/mol. The number of hydrogen-bond donors (Lipinski definition) is 1. The van der Waals surface area contributed by atoms with Gasteiger partial charge in [-0.3, -0.25) is 4.79 Å². The minimum atomic E-state index is 0.0327. The standard InChI is InChI=1S/C25H33N7O2/c1-30(2)24(33)17-6-5-7-20(10-17)32-23-19(14-27-32)13-26-25(29-23)28-21-11-18-15-31(3)9-8-16(18)12-22(21)34-4/h11-14,17,20H,5-10,15H2,1-4H3,(H,26,28,29)/t17-,20-/m0/s1. The van der Waals surface area contributed by atoms with Gasteiger partial charge in [0.15, 0.2) is 5.65 Å². The van der Waals surface area contributed by atoms with Gasteiger partial charge in [0.2, 0.25) is 11.9 Å². The molecule has 1 amide bonds. The zero-order valence-corrected chi connectivity index (χ0v) is 20.4. The SMILES string of the molecule is COc1cc2c(cc1Nc1ncc3cnn([C@H]4CCC[C@H](C(=O)N(C)C)C4)c3n1)CN(C)CC2. The molecule has 180 valence electrons. The van der Waals surface area contributed by atoms with Crippen LogP contribution >= 0.6 is 0 Å². The zero-order valence-electron chi connectivity index (χ0n) is 20.4. The van der Waals surface area contributed by atoms with Gasteiger partial charge in [-0.15, -0.1) is 0 Å². The number of hydrogen-bond acceptors (Lipinski definition) is 7. The van der Waals surface area contributed by atoms with Crippen LogP contribution in [0.2, 0.25) is 0 Å². The van der Waals surface area contributed by atoms with Gasteiger partial charge in [0.25, 0.3) is 0 Å². The third kappa shape index (κ3) is 4.32. The Labute approximate surface area is 200 Å². The molecule has 1 aliphatic heterocycles. The highest BCUT2D eigenvalue weighted by atomic mass is 16.5. The van der Waals surface area contributed by atoms with Crippen LogP contribution in [0, 0.1) is 5.92 Å². The highest BCUT2D eigenvalue weighted by Gasteiger charge is 2.30. The Kier molecular flexibility index (Phi) is 6.12. The van der Waals surface area contributed by atoms with E-state index in [0.717, 1.165) is 67.7 Å². The Bertz CT molecular complexity index is 1210. The van der Waals surface area contributed by atoms with Gasteiger partial charge in [-0.05, 0) is 56.0 Å². The van der Waals surface area contributed by atoms with Crippen molar-refractivity contribution >= 4 is 28.6 Å². The molecule has 9 heteroatoms. The number of nitrogens with one attached hydrogen (secondary N) is 1. The van der Waals surface area contributed by atoms with E-state index in [9.17, 15) is 4.79 Å². The van der Waals surface area contributed by atoms with Crippen molar-refractivity contribution in [2.45, 2.75) is 44.7 Å². The van der Waals surface area contributed by atoms with E-state index in [2.05, 4.69) is 39.5 Å². The lowest BCUT2D eigenvalue weighted by Gasteiger charge is -2.30. The number of carbonyl (C=O) groups excluding carboxylic acids is 1. The molecule has 34 heavy (non-hydrogen) atoms. The van der Waals surface area contributed by atoms with Gasteiger partial charge in [0.05, 0.1) is 30.4 Å². The van der Waals surface area contributed by atoms with Gasteiger partial charge < -0.3 is 19.9 Å². The quantitative estimate of drug-likeness (QED) is 0.620. The van der Waals surface area contributed by atoms with Gasteiger partial charge >= 0.3 is 0 Å². The molecule has 1 N–H and O–H groups in total. The molecule has 0 spiro atoms. The normalized spacial score (nSPS) is 20.7. The van der Waals surface area contributed by atoms with Crippen LogP contribution in [0.3, 0.4) is 0 Å². The van der Waals surface area contributed by atoms with Crippen molar-refractivity contribution in [3.8, 4) is 5.75 Å². The third-order valence-electron chi connectivity index (χ3n) is 7.09. The van der Waals surface area contributed by atoms with Gasteiger partial charge in [-0.25, -0.2) is 9.67 Å². The molecule has 3 aromatic rings. The third-order valence-corrected chi connectivity index (χ3v) is 7.09. The Balaban J connectivity index is 1.43. The number of nitrogens with zero attached hydrogens (tertiary/aromatic N) is 6. The molecule has 0 unspecified atom stereocenters. The van der Waals surface area contributed by atoms with Crippen LogP contribution < -0.4 is 10.1 Å². The molecule has 0 saturated heterocycles. The molecule has 3 heterocycles. The van der Waals surface area contributed by atoms with Gasteiger partial charge in [-0.1, -0.05) is 6.42 Å². The molecule has 1 aliphatic carbocycles. The first-order valence-corrected chi connectivity index (χ1v) is 12.0. The summed E-state index contributed by atoms with van der Waals surface area (Å²) in [5, 5.41) is 8.91. The second-order valence-corrected chi connectivity index (χ2v) is 9.75. The van der Waals surface area contributed by atoms with Crippen LogP contribution in [0.4, 0.5) is 11.6 Å². The van der Waals surface area contributed by atoms with Crippen LogP contribution in [-0.2, 0) is 17.8 Å². The molecule has 2 aliphatic rings. The van der Waals surface area contributed by atoms with Crippen molar-refractivity contribution in [2.75, 3.05) is 40.1 Å². The summed E-state index contributed by atoms with van der Waals surface area (Å²) in [7, 11) is 7.48. The summed E-state index contributed by atoms with van der Waals surface area (Å²) < 4.78 is 7.65. The molecular formula is C25H33N7O2. The first-order chi connectivity index (χ1) is 16.4. The number of amides is 1. The summed E-state index contributed by atoms with van der Waals surface area (Å²) >= 11 is 0. The van der Waals surface area contributed by atoms with Crippen LogP contribution in [0.1, 0.15) is 42.9 Å². The van der Waals surface area contributed by atoms with Crippen molar-refractivity contribution in [3.05, 3.63) is 35.7 Å². The second kappa shape index (κ2) is 9.21. The predicted octanol–water partition coefficient (Wildman–Crippen LogP) is 3.39. The van der Waals surface area contributed by atoms with Crippen molar-refractivity contribution in [2.24, 2.45) is 5.92 Å². The maximum absolute atomic E-state index is 12.6. The second-order valence-electron chi connectivity index (χ2n) is 9.75. The molecular weight excluding hydrogens is 430 g/mol. The number of aromatic nitrogens is 4. The number of methoxy groups -OCH3 is 1. The maximum atomic E-state index is 12.6. The number of likely N-dealkylation sites (N-methyl/N-ethyl adjacent to an activating group) is 1. The van der Waals surface area contributed by atoms with E-state index in [0.29, 0.717) is 5.95 Å². The van der Waals surface area contributed by atoms with E-state index in [-0.39, 0.29) is 17.9 Å². The Morgan fingerprint density at radius 1 is 1.21 bits per heavy atom. The number of anilines is 2. The highest BCUT2D eigenvalue weighted by molar-refractivity contribution is 5.79. The molecule has 5 rings (SSSR count). The molecule has 1 saturated carbocycles. The number of fused-ring (bicyclic) bond motifs is 2. The fraction of sp³-hybridized carbons (Fsp3) is 0.520. The summed E-state index contributed by atoms with van der Waals surface area (Å²) in [5.74, 6) is 1.53. The number of benzene rings is 1. The smallest absolute Gasteiger partial charge is 0.229 e. The highest BCUT2D eigenvalue weighted by Crippen LogP contribution is 2.36. The lowest BCUT2D eigenvalue weighted by molar-refractivity contribution is -0.134. The first kappa shape index (κ1) is 22.6. The fourth-order valence-electron chi connectivity index (χ4n) is 5.25. The number of ether oxygens (including phenoxy) is 1. The number of rotatable bonds is 5. The molecule has 2 aromatic heterocycles. The van der Waals surface area contributed by atoms with Crippen molar-refractivity contribution < 1.29 is 9.53 Å². The topological polar surface area (TPSA) is 88.4 Å².